The highest BCUT2D eigenvalue weighted by atomic mass is 16.2. The second-order valence-electron chi connectivity index (χ2n) is 6.29. The lowest BCUT2D eigenvalue weighted by Crippen LogP contribution is -2.41. The summed E-state index contributed by atoms with van der Waals surface area (Å²) in [6.45, 7) is 3.02. The maximum atomic E-state index is 12.3. The molecule has 1 atom stereocenters. The predicted octanol–water partition coefficient (Wildman–Crippen LogP) is 3.06. The number of hydrogen-bond acceptors (Lipinski definition) is 2. The van der Waals surface area contributed by atoms with Crippen LogP contribution in [0, 0.1) is 0 Å². The fraction of sp³-hybridized carbons (Fsp3) is 0.333. The molecule has 24 heavy (non-hydrogen) atoms. The number of carbonyl (C=O) groups excluding carboxylic acids is 1. The van der Waals surface area contributed by atoms with Gasteiger partial charge in [-0.05, 0) is 55.3 Å². The standard InChI is InChI=1S/C18H21N5O/c1-2-23-8-7-12-3-4-15(10-17(12)23)21-18(24)20-14-5-6-16-13(9-14)11-19-22-16/h3-4,7-8,10-11,14H,2,5-6,9H2,1H3,(H,19,22)(H2,20,21,24)/t14-/m0/s1. The topological polar surface area (TPSA) is 74.7 Å². The van der Waals surface area contributed by atoms with Crippen LogP contribution in [0.1, 0.15) is 24.6 Å². The zero-order valence-corrected chi connectivity index (χ0v) is 13.7. The number of amides is 2. The molecule has 1 aliphatic carbocycles. The number of H-pyrrole nitrogens is 1. The number of nitrogens with one attached hydrogen (secondary N) is 3. The number of aryl methyl sites for hydroxylation is 2. The molecule has 0 saturated carbocycles. The van der Waals surface area contributed by atoms with Crippen molar-refractivity contribution in [3.05, 3.63) is 47.9 Å². The molecule has 1 aromatic carbocycles. The first-order chi connectivity index (χ1) is 11.7. The van der Waals surface area contributed by atoms with Crippen molar-refractivity contribution in [2.75, 3.05) is 5.32 Å². The molecule has 2 amide bonds. The van der Waals surface area contributed by atoms with E-state index in [1.807, 2.05) is 24.4 Å². The molecule has 0 saturated heterocycles. The van der Waals surface area contributed by atoms with Gasteiger partial charge >= 0.3 is 6.03 Å². The van der Waals surface area contributed by atoms with Gasteiger partial charge in [0.15, 0.2) is 0 Å². The van der Waals surface area contributed by atoms with E-state index in [9.17, 15) is 4.79 Å². The summed E-state index contributed by atoms with van der Waals surface area (Å²) in [4.78, 5) is 12.3. The average molecular weight is 323 g/mol. The minimum Gasteiger partial charge on any atom is -0.348 e. The predicted molar refractivity (Wildman–Crippen MR) is 94.2 cm³/mol. The minimum atomic E-state index is -0.152. The van der Waals surface area contributed by atoms with E-state index in [0.29, 0.717) is 0 Å². The Hall–Kier alpha value is -2.76. The third-order valence-corrected chi connectivity index (χ3v) is 4.72. The summed E-state index contributed by atoms with van der Waals surface area (Å²) >= 11 is 0. The summed E-state index contributed by atoms with van der Waals surface area (Å²) < 4.78 is 2.17. The highest BCUT2D eigenvalue weighted by molar-refractivity contribution is 5.93. The number of rotatable bonds is 3. The first-order valence-electron chi connectivity index (χ1n) is 8.40. The van der Waals surface area contributed by atoms with Gasteiger partial charge in [-0.15, -0.1) is 0 Å². The van der Waals surface area contributed by atoms with Gasteiger partial charge in [-0.1, -0.05) is 6.07 Å². The van der Waals surface area contributed by atoms with Crippen molar-refractivity contribution in [3.8, 4) is 0 Å². The number of hydrogen-bond donors (Lipinski definition) is 3. The molecule has 124 valence electrons. The number of anilines is 1. The first-order valence-corrected chi connectivity index (χ1v) is 8.40. The summed E-state index contributed by atoms with van der Waals surface area (Å²) in [7, 11) is 0. The number of aromatic amines is 1. The lowest BCUT2D eigenvalue weighted by atomic mass is 9.94. The maximum absolute atomic E-state index is 12.3. The Morgan fingerprint density at radius 3 is 3.21 bits per heavy atom. The van der Waals surface area contributed by atoms with Crippen LogP contribution < -0.4 is 10.6 Å². The van der Waals surface area contributed by atoms with Crippen molar-refractivity contribution in [3.63, 3.8) is 0 Å². The van der Waals surface area contributed by atoms with Crippen molar-refractivity contribution < 1.29 is 4.79 Å². The Balaban J connectivity index is 1.43. The van der Waals surface area contributed by atoms with Gasteiger partial charge in [0.1, 0.15) is 0 Å². The molecule has 0 fully saturated rings. The van der Waals surface area contributed by atoms with Crippen molar-refractivity contribution >= 4 is 22.6 Å². The fourth-order valence-corrected chi connectivity index (χ4v) is 3.43. The van der Waals surface area contributed by atoms with Crippen LogP contribution in [0.3, 0.4) is 0 Å². The van der Waals surface area contributed by atoms with E-state index in [0.717, 1.165) is 37.0 Å². The van der Waals surface area contributed by atoms with E-state index in [-0.39, 0.29) is 12.1 Å². The molecule has 0 unspecified atom stereocenters. The number of fused-ring (bicyclic) bond motifs is 2. The molecular formula is C18H21N5O. The van der Waals surface area contributed by atoms with Crippen LogP contribution in [-0.4, -0.2) is 26.8 Å². The zero-order chi connectivity index (χ0) is 16.5. The largest absolute Gasteiger partial charge is 0.348 e. The van der Waals surface area contributed by atoms with Gasteiger partial charge in [0, 0.05) is 30.2 Å². The van der Waals surface area contributed by atoms with Gasteiger partial charge in [0.25, 0.3) is 0 Å². The van der Waals surface area contributed by atoms with Crippen LogP contribution in [0.15, 0.2) is 36.7 Å². The summed E-state index contributed by atoms with van der Waals surface area (Å²) in [5.74, 6) is 0. The second kappa shape index (κ2) is 6.03. The van der Waals surface area contributed by atoms with E-state index in [4.69, 9.17) is 0 Å². The number of urea groups is 1. The van der Waals surface area contributed by atoms with Crippen molar-refractivity contribution in [2.24, 2.45) is 0 Å². The van der Waals surface area contributed by atoms with Gasteiger partial charge in [-0.2, -0.15) is 5.10 Å². The Kier molecular flexibility index (Phi) is 3.72. The number of aromatic nitrogens is 3. The maximum Gasteiger partial charge on any atom is 0.319 e. The monoisotopic (exact) mass is 323 g/mol. The quantitative estimate of drug-likeness (QED) is 0.693. The molecule has 3 aromatic rings. The first kappa shape index (κ1) is 14.8. The Labute approximate surface area is 140 Å². The van der Waals surface area contributed by atoms with E-state index in [1.165, 1.54) is 16.6 Å². The number of carbonyl (C=O) groups is 1. The SMILES string of the molecule is CCn1ccc2ccc(NC(=O)N[C@H]3CCc4[nH]ncc4C3)cc21. The number of benzene rings is 1. The molecule has 6 nitrogen and oxygen atoms in total. The van der Waals surface area contributed by atoms with Crippen LogP contribution in [0.25, 0.3) is 10.9 Å². The molecule has 2 heterocycles. The van der Waals surface area contributed by atoms with Gasteiger partial charge in [0.05, 0.1) is 11.7 Å². The average Bonchev–Trinajstić information content (AvgIpc) is 3.20. The molecule has 0 spiro atoms. The fourth-order valence-electron chi connectivity index (χ4n) is 3.43. The van der Waals surface area contributed by atoms with Crippen molar-refractivity contribution in [1.29, 1.82) is 0 Å². The molecule has 0 aliphatic heterocycles. The van der Waals surface area contributed by atoms with E-state index in [1.54, 1.807) is 0 Å². The summed E-state index contributed by atoms with van der Waals surface area (Å²) in [6, 6.07) is 8.09. The van der Waals surface area contributed by atoms with E-state index in [2.05, 4.69) is 44.6 Å². The summed E-state index contributed by atoms with van der Waals surface area (Å²) in [5, 5.41) is 14.3. The summed E-state index contributed by atoms with van der Waals surface area (Å²) in [5.41, 5.74) is 4.34. The lowest BCUT2D eigenvalue weighted by Gasteiger charge is -2.23. The van der Waals surface area contributed by atoms with Gasteiger partial charge in [0.2, 0.25) is 0 Å². The van der Waals surface area contributed by atoms with Crippen LogP contribution >= 0.6 is 0 Å². The Bertz CT molecular complexity index is 879. The highest BCUT2D eigenvalue weighted by Crippen LogP contribution is 2.21. The lowest BCUT2D eigenvalue weighted by molar-refractivity contribution is 0.247. The molecule has 1 aliphatic rings. The molecule has 4 rings (SSSR count). The van der Waals surface area contributed by atoms with Gasteiger partial charge in [-0.25, -0.2) is 4.79 Å². The van der Waals surface area contributed by atoms with Crippen LogP contribution in [0.5, 0.6) is 0 Å². The van der Waals surface area contributed by atoms with Crippen LogP contribution in [0.4, 0.5) is 10.5 Å². The van der Waals surface area contributed by atoms with E-state index < -0.39 is 0 Å². The zero-order valence-electron chi connectivity index (χ0n) is 13.7. The molecule has 0 radical (unpaired) electrons. The van der Waals surface area contributed by atoms with E-state index >= 15 is 0 Å². The molecule has 2 aromatic heterocycles. The highest BCUT2D eigenvalue weighted by Gasteiger charge is 2.21. The summed E-state index contributed by atoms with van der Waals surface area (Å²) in [6.07, 6.45) is 6.61. The molecule has 0 bridgehead atoms. The van der Waals surface area contributed by atoms with Crippen LogP contribution in [0.2, 0.25) is 0 Å². The van der Waals surface area contributed by atoms with Gasteiger partial charge < -0.3 is 15.2 Å². The second-order valence-corrected chi connectivity index (χ2v) is 6.29. The molecular weight excluding hydrogens is 302 g/mol. The third kappa shape index (κ3) is 2.75. The number of nitrogens with zero attached hydrogens (tertiary/aromatic N) is 2. The minimum absolute atomic E-state index is 0.151. The van der Waals surface area contributed by atoms with Crippen molar-refractivity contribution in [2.45, 2.75) is 38.8 Å². The molecule has 3 N–H and O–H groups in total. The Morgan fingerprint density at radius 1 is 1.42 bits per heavy atom. The van der Waals surface area contributed by atoms with Gasteiger partial charge in [-0.3, -0.25) is 5.10 Å². The van der Waals surface area contributed by atoms with Crippen molar-refractivity contribution in [1.82, 2.24) is 20.1 Å². The third-order valence-electron chi connectivity index (χ3n) is 4.72. The Morgan fingerprint density at radius 2 is 2.33 bits per heavy atom. The molecule has 6 heteroatoms. The smallest absolute Gasteiger partial charge is 0.319 e. The van der Waals surface area contributed by atoms with Crippen LogP contribution in [-0.2, 0) is 19.4 Å². The normalized spacial score (nSPS) is 16.8.